The minimum absolute atomic E-state index is 0.0230. The van der Waals surface area contributed by atoms with Gasteiger partial charge in [-0.25, -0.2) is 14.9 Å². The number of benzene rings is 1. The summed E-state index contributed by atoms with van der Waals surface area (Å²) in [6.07, 6.45) is 0.734. The molecule has 24 heavy (non-hydrogen) atoms. The summed E-state index contributed by atoms with van der Waals surface area (Å²) in [4.78, 5) is 23.6. The summed E-state index contributed by atoms with van der Waals surface area (Å²) in [6, 6.07) is 7.19. The van der Waals surface area contributed by atoms with Crippen LogP contribution in [-0.4, -0.2) is 28.4 Å². The molecule has 0 aliphatic carbocycles. The lowest BCUT2D eigenvalue weighted by atomic mass is 10.1. The van der Waals surface area contributed by atoms with E-state index in [1.807, 2.05) is 26.0 Å². The quantitative estimate of drug-likeness (QED) is 0.830. The molecule has 0 atom stereocenters. The van der Waals surface area contributed by atoms with Crippen LogP contribution in [0.5, 0.6) is 0 Å². The molecule has 0 saturated carbocycles. The maximum Gasteiger partial charge on any atom is 0.426 e. The highest BCUT2D eigenvalue weighted by Crippen LogP contribution is 2.24. The highest BCUT2D eigenvalue weighted by atomic mass is 35.5. The Balaban J connectivity index is 2.28. The first-order valence-corrected chi connectivity index (χ1v) is 7.88. The molecule has 0 fully saturated rings. The van der Waals surface area contributed by atoms with Crippen LogP contribution >= 0.6 is 11.6 Å². The number of nitrogens with one attached hydrogen (secondary N) is 2. The second kappa shape index (κ2) is 7.83. The third-order valence-corrected chi connectivity index (χ3v) is 3.44. The molecule has 0 aliphatic heterocycles. The van der Waals surface area contributed by atoms with Gasteiger partial charge in [0.1, 0.15) is 0 Å². The average molecular weight is 351 g/mol. The van der Waals surface area contributed by atoms with Gasteiger partial charge in [0.25, 0.3) is 5.91 Å². The third-order valence-electron chi connectivity index (χ3n) is 3.20. The number of rotatable bonds is 4. The van der Waals surface area contributed by atoms with E-state index < -0.39 is 12.0 Å². The fourth-order valence-corrected chi connectivity index (χ4v) is 2.43. The van der Waals surface area contributed by atoms with Crippen LogP contribution in [0.1, 0.15) is 42.7 Å². The predicted octanol–water partition coefficient (Wildman–Crippen LogP) is 3.04. The molecular formula is C16H19ClN4O3. The Morgan fingerprint density at radius 3 is 2.71 bits per heavy atom. The van der Waals surface area contributed by atoms with E-state index in [4.69, 9.17) is 16.3 Å². The monoisotopic (exact) mass is 350 g/mol. The highest BCUT2D eigenvalue weighted by molar-refractivity contribution is 6.30. The number of hydrazine groups is 1. The molecule has 0 bridgehead atoms. The van der Waals surface area contributed by atoms with Crippen molar-refractivity contribution in [3.63, 3.8) is 0 Å². The average Bonchev–Trinajstić information content (AvgIpc) is 2.98. The third kappa shape index (κ3) is 4.05. The van der Waals surface area contributed by atoms with Crippen LogP contribution in [0, 0.1) is 0 Å². The van der Waals surface area contributed by atoms with Gasteiger partial charge in [0, 0.05) is 5.02 Å². The standard InChI is InChI=1S/C16H19ClN4O3/c1-4-24-16(23)20-19-15(22)13-9-18-21(14(13)10(2)3)12-7-5-6-11(17)8-12/h5-10H,4H2,1-3H3,(H,19,22)(H,20,23). The molecule has 1 heterocycles. The van der Waals surface area contributed by atoms with Crippen molar-refractivity contribution in [2.24, 2.45) is 0 Å². The summed E-state index contributed by atoms with van der Waals surface area (Å²) in [5.41, 5.74) is 6.32. The Morgan fingerprint density at radius 2 is 2.08 bits per heavy atom. The minimum Gasteiger partial charge on any atom is -0.449 e. The number of carbonyl (C=O) groups excluding carboxylic acids is 2. The molecule has 2 rings (SSSR count). The van der Waals surface area contributed by atoms with Crippen molar-refractivity contribution in [3.8, 4) is 5.69 Å². The van der Waals surface area contributed by atoms with Gasteiger partial charge in [-0.05, 0) is 31.0 Å². The van der Waals surface area contributed by atoms with Crippen molar-refractivity contribution in [3.05, 3.63) is 46.7 Å². The summed E-state index contributed by atoms with van der Waals surface area (Å²) >= 11 is 6.03. The number of ether oxygens (including phenoxy) is 1. The zero-order valence-electron chi connectivity index (χ0n) is 13.7. The zero-order chi connectivity index (χ0) is 17.7. The van der Waals surface area contributed by atoms with Gasteiger partial charge in [0.2, 0.25) is 0 Å². The number of hydrogen-bond donors (Lipinski definition) is 2. The molecule has 2 amide bonds. The molecule has 0 aliphatic rings. The minimum atomic E-state index is -0.723. The molecule has 128 valence electrons. The lowest BCUT2D eigenvalue weighted by molar-refractivity contribution is 0.0911. The van der Waals surface area contributed by atoms with E-state index in [-0.39, 0.29) is 12.5 Å². The number of hydrogen-bond acceptors (Lipinski definition) is 4. The van der Waals surface area contributed by atoms with Crippen molar-refractivity contribution >= 4 is 23.6 Å². The van der Waals surface area contributed by atoms with Crippen molar-refractivity contribution in [1.29, 1.82) is 0 Å². The first-order valence-electron chi connectivity index (χ1n) is 7.51. The molecule has 1 aromatic carbocycles. The van der Waals surface area contributed by atoms with Gasteiger partial charge in [-0.2, -0.15) is 5.10 Å². The van der Waals surface area contributed by atoms with E-state index in [9.17, 15) is 9.59 Å². The van der Waals surface area contributed by atoms with Crippen molar-refractivity contribution < 1.29 is 14.3 Å². The van der Waals surface area contributed by atoms with Crippen LogP contribution in [-0.2, 0) is 4.74 Å². The van der Waals surface area contributed by atoms with Gasteiger partial charge >= 0.3 is 6.09 Å². The Labute approximate surface area is 144 Å². The van der Waals surface area contributed by atoms with Crippen LogP contribution in [0.25, 0.3) is 5.69 Å². The van der Waals surface area contributed by atoms with Crippen LogP contribution in [0.3, 0.4) is 0 Å². The molecule has 0 spiro atoms. The number of amides is 2. The summed E-state index contributed by atoms with van der Waals surface area (Å²) in [5, 5.41) is 4.86. The van der Waals surface area contributed by atoms with Crippen LogP contribution in [0.2, 0.25) is 5.02 Å². The fourth-order valence-electron chi connectivity index (χ4n) is 2.24. The maximum atomic E-state index is 12.3. The van der Waals surface area contributed by atoms with Crippen LogP contribution in [0.15, 0.2) is 30.5 Å². The molecule has 1 aromatic heterocycles. The van der Waals surface area contributed by atoms with Gasteiger partial charge in [-0.1, -0.05) is 31.5 Å². The lowest BCUT2D eigenvalue weighted by Gasteiger charge is -2.13. The first kappa shape index (κ1) is 17.8. The lowest BCUT2D eigenvalue weighted by Crippen LogP contribution is -2.42. The van der Waals surface area contributed by atoms with Gasteiger partial charge in [0.15, 0.2) is 0 Å². The number of carbonyl (C=O) groups is 2. The first-order chi connectivity index (χ1) is 11.4. The molecule has 0 saturated heterocycles. The molecule has 0 radical (unpaired) electrons. The Kier molecular flexibility index (Phi) is 5.81. The number of halogens is 1. The number of nitrogens with zero attached hydrogens (tertiary/aromatic N) is 2. The second-order valence-corrected chi connectivity index (χ2v) is 5.73. The highest BCUT2D eigenvalue weighted by Gasteiger charge is 2.21. The molecule has 8 heteroatoms. The number of aromatic nitrogens is 2. The normalized spacial score (nSPS) is 10.5. The van der Waals surface area contributed by atoms with Crippen molar-refractivity contribution in [2.45, 2.75) is 26.7 Å². The molecule has 0 unspecified atom stereocenters. The van der Waals surface area contributed by atoms with Crippen molar-refractivity contribution in [1.82, 2.24) is 20.6 Å². The van der Waals surface area contributed by atoms with Gasteiger partial charge in [-0.3, -0.25) is 10.2 Å². The molecule has 2 N–H and O–H groups in total. The summed E-state index contributed by atoms with van der Waals surface area (Å²) in [5.74, 6) is -0.449. The van der Waals surface area contributed by atoms with Gasteiger partial charge in [-0.15, -0.1) is 0 Å². The smallest absolute Gasteiger partial charge is 0.426 e. The maximum absolute atomic E-state index is 12.3. The zero-order valence-corrected chi connectivity index (χ0v) is 14.4. The Bertz CT molecular complexity index is 743. The van der Waals surface area contributed by atoms with Crippen LogP contribution in [0.4, 0.5) is 4.79 Å². The molecule has 7 nitrogen and oxygen atoms in total. The molecular weight excluding hydrogens is 332 g/mol. The van der Waals surface area contributed by atoms with E-state index >= 15 is 0 Å². The predicted molar refractivity (Wildman–Crippen MR) is 90.3 cm³/mol. The van der Waals surface area contributed by atoms with Gasteiger partial charge < -0.3 is 4.74 Å². The van der Waals surface area contributed by atoms with Gasteiger partial charge in [0.05, 0.1) is 29.7 Å². The van der Waals surface area contributed by atoms with Crippen molar-refractivity contribution in [2.75, 3.05) is 6.61 Å². The summed E-state index contributed by atoms with van der Waals surface area (Å²) < 4.78 is 6.36. The van der Waals surface area contributed by atoms with E-state index in [1.165, 1.54) is 6.20 Å². The summed E-state index contributed by atoms with van der Waals surface area (Å²) in [6.45, 7) is 5.79. The van der Waals surface area contributed by atoms with E-state index in [2.05, 4.69) is 16.0 Å². The van der Waals surface area contributed by atoms with E-state index in [1.54, 1.807) is 23.7 Å². The van der Waals surface area contributed by atoms with Crippen LogP contribution < -0.4 is 10.9 Å². The Hall–Kier alpha value is -2.54. The summed E-state index contributed by atoms with van der Waals surface area (Å²) in [7, 11) is 0. The molecule has 2 aromatic rings. The largest absolute Gasteiger partial charge is 0.449 e. The van der Waals surface area contributed by atoms with E-state index in [0.29, 0.717) is 16.3 Å². The second-order valence-electron chi connectivity index (χ2n) is 5.29. The van der Waals surface area contributed by atoms with E-state index in [0.717, 1.165) is 5.69 Å². The Morgan fingerprint density at radius 1 is 1.33 bits per heavy atom. The SMILES string of the molecule is CCOC(=O)NNC(=O)c1cnn(-c2cccc(Cl)c2)c1C(C)C. The topological polar surface area (TPSA) is 85.2 Å². The fraction of sp³-hybridized carbons (Fsp3) is 0.312.